The first-order valence-corrected chi connectivity index (χ1v) is 7.72. The Kier molecular flexibility index (Phi) is 5.77. The van der Waals surface area contributed by atoms with E-state index in [1.165, 1.54) is 0 Å². The van der Waals surface area contributed by atoms with E-state index >= 15 is 0 Å². The molecule has 0 aliphatic carbocycles. The highest BCUT2D eigenvalue weighted by molar-refractivity contribution is 6.36. The zero-order valence-electron chi connectivity index (χ0n) is 11.8. The minimum absolute atomic E-state index is 0.190. The Morgan fingerprint density at radius 2 is 1.76 bits per heavy atom. The summed E-state index contributed by atoms with van der Waals surface area (Å²) in [6.45, 7) is 2.77. The van der Waals surface area contributed by atoms with Crippen molar-refractivity contribution >= 4 is 34.8 Å². The second-order valence-electron chi connectivity index (χ2n) is 4.51. The van der Waals surface area contributed by atoms with Gasteiger partial charge in [-0.1, -0.05) is 47.8 Å². The lowest BCUT2D eigenvalue weighted by Gasteiger charge is -2.23. The highest BCUT2D eigenvalue weighted by Gasteiger charge is 2.22. The van der Waals surface area contributed by atoms with Crippen LogP contribution in [0.15, 0.2) is 36.4 Å². The largest absolute Gasteiger partial charge is 0.496 e. The maximum Gasteiger partial charge on any atom is 0.124 e. The molecule has 0 amide bonds. The zero-order chi connectivity index (χ0) is 15.4. The molecular weight excluding hydrogens is 329 g/mol. The van der Waals surface area contributed by atoms with Gasteiger partial charge in [0.2, 0.25) is 0 Å². The number of methoxy groups -OCH3 is 1. The van der Waals surface area contributed by atoms with Crippen molar-refractivity contribution in [1.29, 1.82) is 0 Å². The molecule has 112 valence electrons. The number of rotatable bonds is 5. The summed E-state index contributed by atoms with van der Waals surface area (Å²) in [6.07, 6.45) is 0. The second-order valence-corrected chi connectivity index (χ2v) is 5.76. The molecule has 0 heterocycles. The van der Waals surface area contributed by atoms with Crippen molar-refractivity contribution in [3.63, 3.8) is 0 Å². The first-order chi connectivity index (χ1) is 10.1. The molecule has 0 aromatic heterocycles. The van der Waals surface area contributed by atoms with E-state index in [-0.39, 0.29) is 6.04 Å². The predicted octanol–water partition coefficient (Wildman–Crippen LogP) is 5.35. The van der Waals surface area contributed by atoms with Gasteiger partial charge in [-0.3, -0.25) is 0 Å². The summed E-state index contributed by atoms with van der Waals surface area (Å²) in [7, 11) is 1.63. The summed E-state index contributed by atoms with van der Waals surface area (Å²) in [5.41, 5.74) is 1.73. The fraction of sp³-hybridized carbons (Fsp3) is 0.250. The van der Waals surface area contributed by atoms with Gasteiger partial charge >= 0.3 is 0 Å². The molecule has 0 aliphatic heterocycles. The van der Waals surface area contributed by atoms with Gasteiger partial charge in [0, 0.05) is 26.2 Å². The average Bonchev–Trinajstić information content (AvgIpc) is 2.46. The van der Waals surface area contributed by atoms with Crippen molar-refractivity contribution < 1.29 is 4.74 Å². The molecule has 5 heteroatoms. The maximum absolute atomic E-state index is 6.35. The van der Waals surface area contributed by atoms with Crippen molar-refractivity contribution in [2.75, 3.05) is 13.7 Å². The Labute approximate surface area is 140 Å². The minimum atomic E-state index is -0.190. The Morgan fingerprint density at radius 3 is 2.33 bits per heavy atom. The third kappa shape index (κ3) is 3.64. The van der Waals surface area contributed by atoms with Crippen molar-refractivity contribution in [3.8, 4) is 5.75 Å². The van der Waals surface area contributed by atoms with Crippen LogP contribution >= 0.6 is 34.8 Å². The Bertz CT molecular complexity index is 611. The Balaban J connectivity index is 2.61. The van der Waals surface area contributed by atoms with E-state index in [2.05, 4.69) is 5.32 Å². The van der Waals surface area contributed by atoms with Crippen LogP contribution in [0.4, 0.5) is 0 Å². The first-order valence-electron chi connectivity index (χ1n) is 6.59. The highest BCUT2D eigenvalue weighted by atomic mass is 35.5. The number of hydrogen-bond donors (Lipinski definition) is 1. The highest BCUT2D eigenvalue weighted by Crippen LogP contribution is 2.38. The molecule has 2 aromatic carbocycles. The lowest BCUT2D eigenvalue weighted by atomic mass is 9.97. The van der Waals surface area contributed by atoms with Gasteiger partial charge in [0.25, 0.3) is 0 Å². The summed E-state index contributed by atoms with van der Waals surface area (Å²) >= 11 is 18.8. The molecule has 0 fully saturated rings. The third-order valence-corrected chi connectivity index (χ3v) is 4.09. The molecule has 0 saturated heterocycles. The normalized spacial score (nSPS) is 12.2. The summed E-state index contributed by atoms with van der Waals surface area (Å²) in [5, 5.41) is 5.24. The van der Waals surface area contributed by atoms with Crippen LogP contribution in [0, 0.1) is 0 Å². The van der Waals surface area contributed by atoms with E-state index in [4.69, 9.17) is 39.5 Å². The van der Waals surface area contributed by atoms with E-state index < -0.39 is 0 Å². The standard InChI is InChI=1S/C16H16Cl3NO/c1-3-20-16(15-12(18)5-4-6-13(15)19)11-9-10(17)7-8-14(11)21-2/h4-9,16,20H,3H2,1-2H3. The monoisotopic (exact) mass is 343 g/mol. The second kappa shape index (κ2) is 7.37. The Hall–Kier alpha value is -0.930. The summed E-state index contributed by atoms with van der Waals surface area (Å²) in [4.78, 5) is 0. The smallest absolute Gasteiger partial charge is 0.124 e. The van der Waals surface area contributed by atoms with Gasteiger partial charge in [-0.2, -0.15) is 0 Å². The van der Waals surface area contributed by atoms with Crippen molar-refractivity contribution in [2.45, 2.75) is 13.0 Å². The average molecular weight is 345 g/mol. The molecule has 2 aromatic rings. The quantitative estimate of drug-likeness (QED) is 0.789. The van der Waals surface area contributed by atoms with Crippen LogP contribution < -0.4 is 10.1 Å². The van der Waals surface area contributed by atoms with Gasteiger partial charge in [-0.15, -0.1) is 0 Å². The predicted molar refractivity (Wildman–Crippen MR) is 90.0 cm³/mol. The lowest BCUT2D eigenvalue weighted by Crippen LogP contribution is -2.23. The van der Waals surface area contributed by atoms with Gasteiger partial charge in [-0.25, -0.2) is 0 Å². The number of hydrogen-bond acceptors (Lipinski definition) is 2. The van der Waals surface area contributed by atoms with E-state index in [1.807, 2.05) is 37.3 Å². The number of ether oxygens (including phenoxy) is 1. The van der Waals surface area contributed by atoms with Crippen LogP contribution in [0.5, 0.6) is 5.75 Å². The van der Waals surface area contributed by atoms with E-state index in [9.17, 15) is 0 Å². The number of halogens is 3. The number of benzene rings is 2. The molecule has 2 nitrogen and oxygen atoms in total. The molecule has 21 heavy (non-hydrogen) atoms. The van der Waals surface area contributed by atoms with Gasteiger partial charge in [0.15, 0.2) is 0 Å². The summed E-state index contributed by atoms with van der Waals surface area (Å²) < 4.78 is 5.44. The van der Waals surface area contributed by atoms with Crippen molar-refractivity contribution in [1.82, 2.24) is 5.32 Å². The van der Waals surface area contributed by atoms with E-state index in [1.54, 1.807) is 13.2 Å². The summed E-state index contributed by atoms with van der Waals surface area (Å²) in [5.74, 6) is 0.737. The van der Waals surface area contributed by atoms with E-state index in [0.29, 0.717) is 15.1 Å². The van der Waals surface area contributed by atoms with Crippen LogP contribution in [-0.4, -0.2) is 13.7 Å². The molecule has 1 unspecified atom stereocenters. The first kappa shape index (κ1) is 16.4. The van der Waals surface area contributed by atoms with Crippen LogP contribution in [0.3, 0.4) is 0 Å². The molecular formula is C16H16Cl3NO. The van der Waals surface area contributed by atoms with E-state index in [0.717, 1.165) is 23.4 Å². The maximum atomic E-state index is 6.35. The third-order valence-electron chi connectivity index (χ3n) is 3.20. The molecule has 0 bridgehead atoms. The fourth-order valence-corrected chi connectivity index (χ4v) is 3.09. The van der Waals surface area contributed by atoms with Gasteiger partial charge in [-0.05, 0) is 36.9 Å². The van der Waals surface area contributed by atoms with Gasteiger partial charge in [0.05, 0.1) is 13.2 Å². The number of nitrogens with one attached hydrogen (secondary N) is 1. The lowest BCUT2D eigenvalue weighted by molar-refractivity contribution is 0.404. The minimum Gasteiger partial charge on any atom is -0.496 e. The van der Waals surface area contributed by atoms with Crippen LogP contribution in [-0.2, 0) is 0 Å². The van der Waals surface area contributed by atoms with Gasteiger partial charge < -0.3 is 10.1 Å². The SMILES string of the molecule is CCNC(c1cc(Cl)ccc1OC)c1c(Cl)cccc1Cl. The molecule has 0 radical (unpaired) electrons. The Morgan fingerprint density at radius 1 is 1.10 bits per heavy atom. The van der Waals surface area contributed by atoms with Crippen LogP contribution in [0.1, 0.15) is 24.1 Å². The van der Waals surface area contributed by atoms with Crippen molar-refractivity contribution in [2.24, 2.45) is 0 Å². The fourth-order valence-electron chi connectivity index (χ4n) is 2.29. The summed E-state index contributed by atoms with van der Waals surface area (Å²) in [6, 6.07) is 10.8. The molecule has 1 N–H and O–H groups in total. The molecule has 2 rings (SSSR count). The van der Waals surface area contributed by atoms with Crippen LogP contribution in [0.25, 0.3) is 0 Å². The molecule has 0 spiro atoms. The molecule has 0 aliphatic rings. The molecule has 1 atom stereocenters. The van der Waals surface area contributed by atoms with Crippen molar-refractivity contribution in [3.05, 3.63) is 62.6 Å². The molecule has 0 saturated carbocycles. The van der Waals surface area contributed by atoms with Crippen LogP contribution in [0.2, 0.25) is 15.1 Å². The van der Waals surface area contributed by atoms with Gasteiger partial charge in [0.1, 0.15) is 5.75 Å². The topological polar surface area (TPSA) is 21.3 Å². The zero-order valence-corrected chi connectivity index (χ0v) is 14.1.